The maximum absolute atomic E-state index is 11.9. The van der Waals surface area contributed by atoms with Crippen molar-refractivity contribution in [2.45, 2.75) is 72.6 Å². The van der Waals surface area contributed by atoms with Gasteiger partial charge in [0.1, 0.15) is 11.6 Å². The summed E-state index contributed by atoms with van der Waals surface area (Å²) in [5.41, 5.74) is -0.685. The van der Waals surface area contributed by atoms with E-state index in [0.29, 0.717) is 32.2 Å². The van der Waals surface area contributed by atoms with Crippen molar-refractivity contribution in [3.8, 4) is 0 Å². The summed E-state index contributed by atoms with van der Waals surface area (Å²) in [5, 5.41) is 8.81. The standard InChI is InChI=1S/C18H30O6/c1-17(2,11-16(22)23)9-7-14(20)5-6-15(21)8-10-18(3,4)12-24-13-19/h13H,5-12H2,1-4H3,(H,22,23). The lowest BCUT2D eigenvalue weighted by atomic mass is 9.83. The van der Waals surface area contributed by atoms with Crippen LogP contribution in [-0.4, -0.2) is 35.7 Å². The molecular formula is C18H30O6. The van der Waals surface area contributed by atoms with Crippen LogP contribution in [0.5, 0.6) is 0 Å². The molecule has 0 radical (unpaired) electrons. The summed E-state index contributed by atoms with van der Waals surface area (Å²) < 4.78 is 4.73. The Kier molecular flexibility index (Phi) is 9.48. The van der Waals surface area contributed by atoms with Crippen LogP contribution in [0, 0.1) is 10.8 Å². The van der Waals surface area contributed by atoms with E-state index >= 15 is 0 Å². The van der Waals surface area contributed by atoms with Gasteiger partial charge in [-0.2, -0.15) is 0 Å². The number of rotatable bonds is 14. The lowest BCUT2D eigenvalue weighted by Gasteiger charge is -2.22. The van der Waals surface area contributed by atoms with E-state index in [-0.39, 0.29) is 42.9 Å². The minimum absolute atomic E-state index is 0.00892. The maximum atomic E-state index is 11.9. The minimum atomic E-state index is -0.871. The molecule has 0 amide bonds. The highest BCUT2D eigenvalue weighted by Crippen LogP contribution is 2.27. The fourth-order valence-corrected chi connectivity index (χ4v) is 2.31. The van der Waals surface area contributed by atoms with Gasteiger partial charge in [-0.1, -0.05) is 27.7 Å². The summed E-state index contributed by atoms with van der Waals surface area (Å²) in [6, 6.07) is 0. The Morgan fingerprint density at radius 2 is 1.33 bits per heavy atom. The third-order valence-electron chi connectivity index (χ3n) is 4.02. The molecule has 0 aliphatic carbocycles. The van der Waals surface area contributed by atoms with Gasteiger partial charge in [0.2, 0.25) is 0 Å². The molecular weight excluding hydrogens is 312 g/mol. The lowest BCUT2D eigenvalue weighted by molar-refractivity contribution is -0.139. The molecule has 0 heterocycles. The summed E-state index contributed by atoms with van der Waals surface area (Å²) in [4.78, 5) is 44.7. The van der Waals surface area contributed by atoms with Gasteiger partial charge < -0.3 is 9.84 Å². The Hall–Kier alpha value is -1.72. The van der Waals surface area contributed by atoms with Crippen molar-refractivity contribution in [3.63, 3.8) is 0 Å². The third kappa shape index (κ3) is 11.8. The SMILES string of the molecule is CC(C)(CCC(=O)CCC(=O)CCC(C)(C)CC(=O)O)COC=O. The highest BCUT2D eigenvalue weighted by Gasteiger charge is 2.23. The Labute approximate surface area is 143 Å². The molecule has 0 unspecified atom stereocenters. The lowest BCUT2D eigenvalue weighted by Crippen LogP contribution is -2.20. The van der Waals surface area contributed by atoms with Crippen LogP contribution in [0.3, 0.4) is 0 Å². The van der Waals surface area contributed by atoms with Gasteiger partial charge in [-0.3, -0.25) is 19.2 Å². The number of hydrogen-bond donors (Lipinski definition) is 1. The molecule has 0 atom stereocenters. The van der Waals surface area contributed by atoms with Crippen LogP contribution in [0.25, 0.3) is 0 Å². The van der Waals surface area contributed by atoms with Crippen LogP contribution in [-0.2, 0) is 23.9 Å². The van der Waals surface area contributed by atoms with Crippen molar-refractivity contribution < 1.29 is 29.0 Å². The Morgan fingerprint density at radius 1 is 0.875 bits per heavy atom. The first-order valence-electron chi connectivity index (χ1n) is 8.28. The second kappa shape index (κ2) is 10.2. The summed E-state index contributed by atoms with van der Waals surface area (Å²) in [6.07, 6.45) is 2.19. The molecule has 0 saturated carbocycles. The zero-order chi connectivity index (χ0) is 18.8. The van der Waals surface area contributed by atoms with Crippen LogP contribution in [0.1, 0.15) is 72.6 Å². The van der Waals surface area contributed by atoms with Gasteiger partial charge in [-0.05, 0) is 23.7 Å². The number of Topliss-reactive ketones (excluding diaryl/α,β-unsaturated/α-hetero) is 2. The zero-order valence-electron chi connectivity index (χ0n) is 15.2. The predicted octanol–water partition coefficient (Wildman–Crippen LogP) is 3.17. The van der Waals surface area contributed by atoms with E-state index in [2.05, 4.69) is 0 Å². The Morgan fingerprint density at radius 3 is 1.75 bits per heavy atom. The summed E-state index contributed by atoms with van der Waals surface area (Å²) in [7, 11) is 0. The molecule has 24 heavy (non-hydrogen) atoms. The molecule has 0 saturated heterocycles. The van der Waals surface area contributed by atoms with E-state index in [1.165, 1.54) is 0 Å². The van der Waals surface area contributed by atoms with Crippen molar-refractivity contribution in [3.05, 3.63) is 0 Å². The second-order valence-electron chi connectivity index (χ2n) is 7.88. The molecule has 0 aromatic heterocycles. The van der Waals surface area contributed by atoms with Gasteiger partial charge >= 0.3 is 5.97 Å². The number of hydrogen-bond acceptors (Lipinski definition) is 5. The van der Waals surface area contributed by atoms with E-state index in [0.717, 1.165) is 0 Å². The summed E-state index contributed by atoms with van der Waals surface area (Å²) in [6.45, 7) is 8.14. The summed E-state index contributed by atoms with van der Waals surface area (Å²) in [5.74, 6) is -0.860. The van der Waals surface area contributed by atoms with Crippen LogP contribution >= 0.6 is 0 Å². The average Bonchev–Trinajstić information content (AvgIpc) is 2.46. The fourth-order valence-electron chi connectivity index (χ4n) is 2.31. The van der Waals surface area contributed by atoms with E-state index in [9.17, 15) is 19.2 Å². The molecule has 138 valence electrons. The van der Waals surface area contributed by atoms with Crippen molar-refractivity contribution >= 4 is 24.0 Å². The Balaban J connectivity index is 4.03. The van der Waals surface area contributed by atoms with E-state index in [1.54, 1.807) is 0 Å². The van der Waals surface area contributed by atoms with E-state index in [4.69, 9.17) is 9.84 Å². The largest absolute Gasteiger partial charge is 0.481 e. The minimum Gasteiger partial charge on any atom is -0.481 e. The number of carboxylic acid groups (broad SMARTS) is 1. The molecule has 0 aliphatic rings. The first-order chi connectivity index (χ1) is 11.0. The van der Waals surface area contributed by atoms with Gasteiger partial charge in [0.25, 0.3) is 6.47 Å². The first kappa shape index (κ1) is 22.3. The molecule has 1 N–H and O–H groups in total. The monoisotopic (exact) mass is 342 g/mol. The number of ether oxygens (including phenoxy) is 1. The molecule has 6 nitrogen and oxygen atoms in total. The fraction of sp³-hybridized carbons (Fsp3) is 0.778. The van der Waals surface area contributed by atoms with Crippen LogP contribution < -0.4 is 0 Å². The van der Waals surface area contributed by atoms with Gasteiger partial charge in [-0.25, -0.2) is 0 Å². The van der Waals surface area contributed by atoms with E-state index in [1.807, 2.05) is 27.7 Å². The third-order valence-corrected chi connectivity index (χ3v) is 4.02. The molecule has 0 fully saturated rings. The topological polar surface area (TPSA) is 97.7 Å². The van der Waals surface area contributed by atoms with Crippen LogP contribution in [0.2, 0.25) is 0 Å². The molecule has 6 heteroatoms. The predicted molar refractivity (Wildman–Crippen MR) is 89.5 cm³/mol. The average molecular weight is 342 g/mol. The van der Waals surface area contributed by atoms with Crippen molar-refractivity contribution in [2.24, 2.45) is 10.8 Å². The quantitative estimate of drug-likeness (QED) is 0.487. The molecule has 0 spiro atoms. The molecule has 0 rings (SSSR count). The summed E-state index contributed by atoms with van der Waals surface area (Å²) >= 11 is 0. The molecule has 0 aromatic carbocycles. The molecule has 0 aliphatic heterocycles. The van der Waals surface area contributed by atoms with Gasteiger partial charge in [0.15, 0.2) is 0 Å². The van der Waals surface area contributed by atoms with Gasteiger partial charge in [-0.15, -0.1) is 0 Å². The van der Waals surface area contributed by atoms with Gasteiger partial charge in [0, 0.05) is 25.7 Å². The zero-order valence-corrected chi connectivity index (χ0v) is 15.2. The number of ketones is 2. The van der Waals surface area contributed by atoms with Crippen molar-refractivity contribution in [1.29, 1.82) is 0 Å². The van der Waals surface area contributed by atoms with Crippen molar-refractivity contribution in [2.75, 3.05) is 6.61 Å². The maximum Gasteiger partial charge on any atom is 0.303 e. The highest BCUT2D eigenvalue weighted by molar-refractivity contribution is 5.86. The number of carbonyl (C=O) groups excluding carboxylic acids is 3. The smallest absolute Gasteiger partial charge is 0.303 e. The second-order valence-corrected chi connectivity index (χ2v) is 7.88. The van der Waals surface area contributed by atoms with Crippen molar-refractivity contribution in [1.82, 2.24) is 0 Å². The van der Waals surface area contributed by atoms with E-state index < -0.39 is 11.4 Å². The number of carbonyl (C=O) groups is 4. The van der Waals surface area contributed by atoms with Crippen LogP contribution in [0.15, 0.2) is 0 Å². The molecule has 0 aromatic rings. The Bertz CT molecular complexity index is 450. The highest BCUT2D eigenvalue weighted by atomic mass is 16.5. The normalized spacial score (nSPS) is 11.8. The first-order valence-corrected chi connectivity index (χ1v) is 8.28. The van der Waals surface area contributed by atoms with Gasteiger partial charge in [0.05, 0.1) is 13.0 Å². The van der Waals surface area contributed by atoms with Crippen LogP contribution in [0.4, 0.5) is 0 Å². The molecule has 0 bridgehead atoms. The number of aliphatic carboxylic acids is 1. The number of carboxylic acids is 1.